The summed E-state index contributed by atoms with van der Waals surface area (Å²) in [6.07, 6.45) is 24.4. The van der Waals surface area contributed by atoms with Crippen LogP contribution in [-0.4, -0.2) is 25.9 Å². The van der Waals surface area contributed by atoms with Gasteiger partial charge in [-0.1, -0.05) is 90.2 Å². The standard InChI is InChI=1S/C36H35N3Si/c37-25-30-23-29(21-22-38-30)27-19-17-26(18-20-27)28-9-8-10-31(24-28)39-33-13-4-6-15-35(33)40(32-11-2-1-3-12-32)36-16-7-5-14-34(36)39/h1-6,8-15,17,21-24,27,33-36,40H,7,16,18-20H2. The van der Waals surface area contributed by atoms with Crippen LogP contribution in [0.15, 0.2) is 115 Å². The van der Waals surface area contributed by atoms with Crippen LogP contribution in [0.3, 0.4) is 0 Å². The maximum Gasteiger partial charge on any atom is 0.140 e. The molecular weight excluding hydrogens is 503 g/mol. The van der Waals surface area contributed by atoms with Gasteiger partial charge >= 0.3 is 0 Å². The summed E-state index contributed by atoms with van der Waals surface area (Å²) in [5.74, 6) is 0.456. The molecule has 7 rings (SSSR count). The van der Waals surface area contributed by atoms with Crippen LogP contribution in [0.1, 0.15) is 54.8 Å². The van der Waals surface area contributed by atoms with Gasteiger partial charge in [-0.15, -0.1) is 0 Å². The molecule has 1 aromatic heterocycles. The maximum absolute atomic E-state index is 9.26. The van der Waals surface area contributed by atoms with Crippen LogP contribution in [-0.2, 0) is 0 Å². The Morgan fingerprint density at radius 3 is 2.65 bits per heavy atom. The second kappa shape index (κ2) is 10.9. The fourth-order valence-corrected chi connectivity index (χ4v) is 12.3. The first-order valence-electron chi connectivity index (χ1n) is 14.8. The predicted octanol–water partition coefficient (Wildman–Crippen LogP) is 7.21. The Balaban J connectivity index is 1.20. The normalized spacial score (nSPS) is 28.8. The van der Waals surface area contributed by atoms with E-state index in [9.17, 15) is 5.26 Å². The largest absolute Gasteiger partial charge is 0.358 e. The average molecular weight is 538 g/mol. The van der Waals surface area contributed by atoms with E-state index in [0.717, 1.165) is 24.8 Å². The summed E-state index contributed by atoms with van der Waals surface area (Å²) in [4.78, 5) is 6.91. The van der Waals surface area contributed by atoms with Crippen LogP contribution in [0.2, 0.25) is 11.1 Å². The molecule has 1 fully saturated rings. The van der Waals surface area contributed by atoms with Gasteiger partial charge in [0.05, 0.1) is 14.8 Å². The van der Waals surface area contributed by atoms with Crippen molar-refractivity contribution < 1.29 is 0 Å². The fourth-order valence-electron chi connectivity index (χ4n) is 7.75. The number of nitrogens with zero attached hydrogens (tertiary/aromatic N) is 3. The molecule has 3 aliphatic carbocycles. The number of pyridine rings is 1. The Morgan fingerprint density at radius 2 is 1.80 bits per heavy atom. The van der Waals surface area contributed by atoms with E-state index in [1.54, 1.807) is 11.4 Å². The van der Waals surface area contributed by atoms with Crippen LogP contribution in [0.25, 0.3) is 5.57 Å². The second-order valence-electron chi connectivity index (χ2n) is 11.7. The summed E-state index contributed by atoms with van der Waals surface area (Å²) in [7, 11) is -1.28. The number of benzene rings is 2. The van der Waals surface area contributed by atoms with Gasteiger partial charge in [0.2, 0.25) is 0 Å². The molecular formula is C36H35N3Si. The zero-order valence-electron chi connectivity index (χ0n) is 22.8. The van der Waals surface area contributed by atoms with Crippen molar-refractivity contribution in [3.05, 3.63) is 132 Å². The minimum Gasteiger partial charge on any atom is -0.358 e. The number of nitriles is 1. The highest BCUT2D eigenvalue weighted by Gasteiger charge is 2.48. The molecule has 3 nitrogen and oxygen atoms in total. The number of anilines is 1. The highest BCUT2D eigenvalue weighted by atomic mass is 28.3. The van der Waals surface area contributed by atoms with Crippen LogP contribution in [0.5, 0.6) is 0 Å². The maximum atomic E-state index is 9.26. The van der Waals surface area contributed by atoms with Crippen molar-refractivity contribution in [2.24, 2.45) is 0 Å². The van der Waals surface area contributed by atoms with Gasteiger partial charge in [-0.3, -0.25) is 0 Å². The molecule has 40 heavy (non-hydrogen) atoms. The molecule has 3 aromatic rings. The van der Waals surface area contributed by atoms with Crippen molar-refractivity contribution in [2.75, 3.05) is 4.90 Å². The van der Waals surface area contributed by atoms with Crippen LogP contribution >= 0.6 is 0 Å². The Labute approximate surface area is 239 Å². The molecule has 4 aliphatic rings. The summed E-state index contributed by atoms with van der Waals surface area (Å²) < 4.78 is 0. The third kappa shape index (κ3) is 4.59. The molecule has 6 unspecified atom stereocenters. The van der Waals surface area contributed by atoms with E-state index < -0.39 is 8.80 Å². The molecule has 198 valence electrons. The lowest BCUT2D eigenvalue weighted by molar-refractivity contribution is 0.505. The van der Waals surface area contributed by atoms with Crippen LogP contribution in [0, 0.1) is 11.3 Å². The zero-order chi connectivity index (χ0) is 26.9. The third-order valence-electron chi connectivity index (χ3n) is 9.58. The van der Waals surface area contributed by atoms with Gasteiger partial charge in [-0.2, -0.15) is 5.26 Å². The molecule has 1 aliphatic heterocycles. The molecule has 0 saturated carbocycles. The van der Waals surface area contributed by atoms with Gasteiger partial charge < -0.3 is 4.90 Å². The van der Waals surface area contributed by atoms with Crippen LogP contribution in [0.4, 0.5) is 5.69 Å². The molecule has 0 bridgehead atoms. The van der Waals surface area contributed by atoms with E-state index in [4.69, 9.17) is 0 Å². The number of rotatable bonds is 4. The van der Waals surface area contributed by atoms with E-state index in [0.29, 0.717) is 29.2 Å². The molecule has 2 heterocycles. The second-order valence-corrected chi connectivity index (χ2v) is 15.0. The SMILES string of the molecule is N#Cc1cc(C2CC=C(c3cccc(N4C5C=CC=CC5[SiH](c5ccccc5)C5CCC=CC54)c3)CC2)ccn1. The number of aromatic nitrogens is 1. The van der Waals surface area contributed by atoms with Gasteiger partial charge in [0.25, 0.3) is 0 Å². The van der Waals surface area contributed by atoms with Gasteiger partial charge in [-0.05, 0) is 90.1 Å². The van der Waals surface area contributed by atoms with Gasteiger partial charge in [0, 0.05) is 17.9 Å². The van der Waals surface area contributed by atoms with E-state index in [-0.39, 0.29) is 0 Å². The van der Waals surface area contributed by atoms with Gasteiger partial charge in [0.15, 0.2) is 0 Å². The highest BCUT2D eigenvalue weighted by Crippen LogP contribution is 2.48. The molecule has 4 heteroatoms. The topological polar surface area (TPSA) is 39.9 Å². The molecule has 0 spiro atoms. The van der Waals surface area contributed by atoms with E-state index in [1.807, 2.05) is 6.07 Å². The van der Waals surface area contributed by atoms with Crippen molar-refractivity contribution in [2.45, 2.75) is 61.2 Å². The Hall–Kier alpha value is -3.94. The lowest BCUT2D eigenvalue weighted by Crippen LogP contribution is -2.61. The van der Waals surface area contributed by atoms with Crippen molar-refractivity contribution in [1.29, 1.82) is 5.26 Å². The molecule has 6 atom stereocenters. The molecule has 0 N–H and O–H groups in total. The quantitative estimate of drug-likeness (QED) is 0.261. The summed E-state index contributed by atoms with van der Waals surface area (Å²) in [5.41, 5.74) is 7.23. The van der Waals surface area contributed by atoms with Crippen molar-refractivity contribution in [3.63, 3.8) is 0 Å². The van der Waals surface area contributed by atoms with Gasteiger partial charge in [-0.25, -0.2) is 4.98 Å². The van der Waals surface area contributed by atoms with Crippen LogP contribution < -0.4 is 10.1 Å². The third-order valence-corrected chi connectivity index (χ3v) is 13.8. The predicted molar refractivity (Wildman–Crippen MR) is 167 cm³/mol. The Bertz CT molecular complexity index is 1540. The number of hydrogen-bond donors (Lipinski definition) is 0. The molecule has 0 amide bonds. The smallest absolute Gasteiger partial charge is 0.140 e. The van der Waals surface area contributed by atoms with Crippen molar-refractivity contribution >= 4 is 25.2 Å². The lowest BCUT2D eigenvalue weighted by atomic mass is 9.82. The number of hydrogen-bond acceptors (Lipinski definition) is 3. The average Bonchev–Trinajstić information content (AvgIpc) is 3.04. The first-order chi connectivity index (χ1) is 19.8. The zero-order valence-corrected chi connectivity index (χ0v) is 24.0. The van der Waals surface area contributed by atoms with E-state index in [1.165, 1.54) is 35.2 Å². The summed E-state index contributed by atoms with van der Waals surface area (Å²) in [5, 5.41) is 10.9. The first kappa shape index (κ1) is 25.1. The number of allylic oxidation sites excluding steroid dienone is 5. The van der Waals surface area contributed by atoms with E-state index in [2.05, 4.69) is 119 Å². The van der Waals surface area contributed by atoms with Gasteiger partial charge in [0.1, 0.15) is 11.8 Å². The Morgan fingerprint density at radius 1 is 0.900 bits per heavy atom. The molecule has 2 aromatic carbocycles. The lowest BCUT2D eigenvalue weighted by Gasteiger charge is -2.54. The van der Waals surface area contributed by atoms with Crippen molar-refractivity contribution in [1.82, 2.24) is 4.98 Å². The summed E-state index contributed by atoms with van der Waals surface area (Å²) in [6, 6.07) is 27.9. The first-order valence-corrected chi connectivity index (χ1v) is 16.7. The Kier molecular flexibility index (Phi) is 6.83. The minimum absolute atomic E-state index is 0.395. The summed E-state index contributed by atoms with van der Waals surface area (Å²) >= 11 is 0. The highest BCUT2D eigenvalue weighted by molar-refractivity contribution is 6.77. The molecule has 1 saturated heterocycles. The van der Waals surface area contributed by atoms with Crippen molar-refractivity contribution in [3.8, 4) is 6.07 Å². The number of fused-ring (bicyclic) bond motifs is 2. The molecule has 0 radical (unpaired) electrons. The van der Waals surface area contributed by atoms with E-state index >= 15 is 0 Å². The minimum atomic E-state index is -1.28. The monoisotopic (exact) mass is 537 g/mol. The fraction of sp³-hybridized carbons (Fsp3) is 0.278. The summed E-state index contributed by atoms with van der Waals surface area (Å²) in [6.45, 7) is 0.